The van der Waals surface area contributed by atoms with E-state index in [1.807, 2.05) is 17.9 Å². The summed E-state index contributed by atoms with van der Waals surface area (Å²) in [5, 5.41) is 4.25. The van der Waals surface area contributed by atoms with Gasteiger partial charge in [0.15, 0.2) is 0 Å². The highest BCUT2D eigenvalue weighted by Crippen LogP contribution is 2.36. The van der Waals surface area contributed by atoms with E-state index in [9.17, 15) is 0 Å². The maximum atomic E-state index is 6.20. The predicted octanol–water partition coefficient (Wildman–Crippen LogP) is 1.41. The number of nitrogens with zero attached hydrogens (tertiary/aromatic N) is 5. The Morgan fingerprint density at radius 3 is 3.04 bits per heavy atom. The number of likely N-dealkylation sites (tertiary alicyclic amines) is 1. The molecule has 0 bridgehead atoms. The SMILES string of the molecule is Cn1cc(CN2CCC[C@@]3(C[C@H](Oc4ncccn4)CO3)C2)cn1. The first-order valence-corrected chi connectivity index (χ1v) is 8.48. The topological polar surface area (TPSA) is 65.3 Å². The normalized spacial score (nSPS) is 27.6. The molecule has 24 heavy (non-hydrogen) atoms. The van der Waals surface area contributed by atoms with Crippen molar-refractivity contribution in [1.82, 2.24) is 24.6 Å². The molecule has 2 atom stereocenters. The fourth-order valence-corrected chi connectivity index (χ4v) is 3.80. The summed E-state index contributed by atoms with van der Waals surface area (Å²) in [6, 6.07) is 2.22. The highest BCUT2D eigenvalue weighted by atomic mass is 16.6. The molecule has 0 N–H and O–H groups in total. The number of piperidine rings is 1. The van der Waals surface area contributed by atoms with E-state index in [2.05, 4.69) is 26.2 Å². The van der Waals surface area contributed by atoms with Gasteiger partial charge in [-0.2, -0.15) is 5.10 Å². The third kappa shape index (κ3) is 3.42. The van der Waals surface area contributed by atoms with Crippen molar-refractivity contribution in [3.8, 4) is 6.01 Å². The van der Waals surface area contributed by atoms with Crippen LogP contribution in [0.5, 0.6) is 6.01 Å². The number of aromatic nitrogens is 4. The van der Waals surface area contributed by atoms with Crippen LogP contribution in [0, 0.1) is 0 Å². The quantitative estimate of drug-likeness (QED) is 0.845. The lowest BCUT2D eigenvalue weighted by Gasteiger charge is -2.39. The molecule has 2 aliphatic rings. The van der Waals surface area contributed by atoms with Crippen molar-refractivity contribution in [1.29, 1.82) is 0 Å². The average Bonchev–Trinajstić information content (AvgIpc) is 3.15. The van der Waals surface area contributed by atoms with Crippen LogP contribution in [0.2, 0.25) is 0 Å². The van der Waals surface area contributed by atoms with E-state index in [-0.39, 0.29) is 11.7 Å². The van der Waals surface area contributed by atoms with Crippen molar-refractivity contribution in [3.63, 3.8) is 0 Å². The van der Waals surface area contributed by atoms with Crippen LogP contribution in [0.4, 0.5) is 0 Å². The minimum absolute atomic E-state index is 0.0331. The van der Waals surface area contributed by atoms with Gasteiger partial charge in [0.25, 0.3) is 0 Å². The number of ether oxygens (including phenoxy) is 2. The number of hydrogen-bond donors (Lipinski definition) is 0. The summed E-state index contributed by atoms with van der Waals surface area (Å²) in [6.45, 7) is 3.58. The zero-order chi connectivity index (χ0) is 16.4. The Bertz CT molecular complexity index is 677. The molecule has 0 aromatic carbocycles. The minimum Gasteiger partial charge on any atom is -0.458 e. The van der Waals surface area contributed by atoms with Crippen molar-refractivity contribution >= 4 is 0 Å². The summed E-state index contributed by atoms with van der Waals surface area (Å²) in [5.41, 5.74) is 1.15. The summed E-state index contributed by atoms with van der Waals surface area (Å²) in [7, 11) is 1.95. The van der Waals surface area contributed by atoms with Crippen molar-refractivity contribution in [2.75, 3.05) is 19.7 Å². The van der Waals surface area contributed by atoms with Crippen LogP contribution in [-0.2, 0) is 18.3 Å². The van der Waals surface area contributed by atoms with E-state index in [1.165, 1.54) is 5.56 Å². The molecule has 0 radical (unpaired) electrons. The lowest BCUT2D eigenvalue weighted by atomic mass is 9.89. The molecular weight excluding hydrogens is 306 g/mol. The molecule has 7 heteroatoms. The van der Waals surface area contributed by atoms with Crippen LogP contribution in [0.1, 0.15) is 24.8 Å². The van der Waals surface area contributed by atoms with Gasteiger partial charge in [-0.25, -0.2) is 9.97 Å². The Kier molecular flexibility index (Phi) is 4.20. The van der Waals surface area contributed by atoms with Gasteiger partial charge in [0, 0.05) is 50.7 Å². The van der Waals surface area contributed by atoms with E-state index in [1.54, 1.807) is 18.5 Å². The molecule has 2 fully saturated rings. The average molecular weight is 329 g/mol. The minimum atomic E-state index is -0.0973. The van der Waals surface area contributed by atoms with Gasteiger partial charge in [0.1, 0.15) is 6.10 Å². The van der Waals surface area contributed by atoms with E-state index in [0.29, 0.717) is 12.6 Å². The van der Waals surface area contributed by atoms with Crippen LogP contribution >= 0.6 is 0 Å². The molecule has 0 aliphatic carbocycles. The summed E-state index contributed by atoms with van der Waals surface area (Å²) < 4.78 is 13.9. The maximum absolute atomic E-state index is 6.20. The Labute approximate surface area is 141 Å². The third-order valence-corrected chi connectivity index (χ3v) is 4.77. The fraction of sp³-hybridized carbons (Fsp3) is 0.588. The predicted molar refractivity (Wildman–Crippen MR) is 87.5 cm³/mol. The highest BCUT2D eigenvalue weighted by molar-refractivity contribution is 5.05. The number of rotatable bonds is 4. The van der Waals surface area contributed by atoms with Crippen molar-refractivity contribution in [3.05, 3.63) is 36.4 Å². The first-order valence-electron chi connectivity index (χ1n) is 8.48. The third-order valence-electron chi connectivity index (χ3n) is 4.77. The lowest BCUT2D eigenvalue weighted by molar-refractivity contribution is -0.0538. The molecule has 0 saturated carbocycles. The smallest absolute Gasteiger partial charge is 0.316 e. The molecule has 2 aliphatic heterocycles. The van der Waals surface area contributed by atoms with Crippen LogP contribution in [-0.4, -0.2) is 56.0 Å². The van der Waals surface area contributed by atoms with Crippen LogP contribution in [0.15, 0.2) is 30.9 Å². The van der Waals surface area contributed by atoms with Gasteiger partial charge in [-0.3, -0.25) is 9.58 Å². The first kappa shape index (κ1) is 15.5. The molecule has 4 rings (SSSR count). The molecule has 4 heterocycles. The summed E-state index contributed by atoms with van der Waals surface area (Å²) in [6.07, 6.45) is 10.6. The molecule has 2 saturated heterocycles. The van der Waals surface area contributed by atoms with Gasteiger partial charge in [0.2, 0.25) is 0 Å². The molecule has 2 aromatic rings. The molecule has 1 spiro atoms. The summed E-state index contributed by atoms with van der Waals surface area (Å²) in [5.74, 6) is 0. The van der Waals surface area contributed by atoms with E-state index < -0.39 is 0 Å². The number of aryl methyl sites for hydroxylation is 1. The van der Waals surface area contributed by atoms with Gasteiger partial charge >= 0.3 is 6.01 Å². The molecule has 7 nitrogen and oxygen atoms in total. The molecule has 2 aromatic heterocycles. The van der Waals surface area contributed by atoms with E-state index in [4.69, 9.17) is 9.47 Å². The molecule has 128 valence electrons. The Balaban J connectivity index is 1.36. The Morgan fingerprint density at radius 1 is 1.38 bits per heavy atom. The van der Waals surface area contributed by atoms with Crippen LogP contribution < -0.4 is 4.74 Å². The second kappa shape index (κ2) is 6.49. The molecule has 0 unspecified atom stereocenters. The first-order chi connectivity index (χ1) is 11.7. The molecule has 0 amide bonds. The van der Waals surface area contributed by atoms with Crippen LogP contribution in [0.25, 0.3) is 0 Å². The zero-order valence-electron chi connectivity index (χ0n) is 14.0. The van der Waals surface area contributed by atoms with E-state index >= 15 is 0 Å². The second-order valence-electron chi connectivity index (χ2n) is 6.81. The highest BCUT2D eigenvalue weighted by Gasteiger charge is 2.44. The van der Waals surface area contributed by atoms with Gasteiger partial charge in [-0.1, -0.05) is 0 Å². The van der Waals surface area contributed by atoms with Gasteiger partial charge < -0.3 is 9.47 Å². The van der Waals surface area contributed by atoms with Crippen molar-refractivity contribution in [2.24, 2.45) is 7.05 Å². The van der Waals surface area contributed by atoms with Crippen molar-refractivity contribution < 1.29 is 9.47 Å². The lowest BCUT2D eigenvalue weighted by Crippen LogP contribution is -2.47. The van der Waals surface area contributed by atoms with Crippen molar-refractivity contribution in [2.45, 2.75) is 37.5 Å². The Hall–Kier alpha value is -1.99. The summed E-state index contributed by atoms with van der Waals surface area (Å²) >= 11 is 0. The van der Waals surface area contributed by atoms with Crippen LogP contribution in [0.3, 0.4) is 0 Å². The largest absolute Gasteiger partial charge is 0.458 e. The second-order valence-corrected chi connectivity index (χ2v) is 6.81. The number of hydrogen-bond acceptors (Lipinski definition) is 6. The van der Waals surface area contributed by atoms with E-state index in [0.717, 1.165) is 38.9 Å². The summed E-state index contributed by atoms with van der Waals surface area (Å²) in [4.78, 5) is 10.7. The monoisotopic (exact) mass is 329 g/mol. The standard InChI is InChI=1S/C17H23N5O2/c1-21-10-14(9-20-21)11-22-7-2-4-17(13-22)8-15(12-23-17)24-16-18-5-3-6-19-16/h3,5-6,9-10,15H,2,4,7-8,11-13H2,1H3/t15-,17+/m0/s1. The van der Waals surface area contributed by atoms with Gasteiger partial charge in [-0.15, -0.1) is 0 Å². The Morgan fingerprint density at radius 2 is 2.25 bits per heavy atom. The maximum Gasteiger partial charge on any atom is 0.316 e. The van der Waals surface area contributed by atoms with Gasteiger partial charge in [0.05, 0.1) is 18.4 Å². The zero-order valence-corrected chi connectivity index (χ0v) is 14.0. The van der Waals surface area contributed by atoms with Gasteiger partial charge in [-0.05, 0) is 25.5 Å². The molecular formula is C17H23N5O2. The fourth-order valence-electron chi connectivity index (χ4n) is 3.80.